The average Bonchev–Trinajstić information content (AvgIpc) is 3.38. The Labute approximate surface area is 157 Å². The third-order valence-electron chi connectivity index (χ3n) is 4.34. The Kier molecular flexibility index (Phi) is 3.42. The number of Topliss-reactive ketones (excluding diaryl/α,β-unsaturated/α-hetero) is 2. The summed E-state index contributed by atoms with van der Waals surface area (Å²) >= 11 is 0.714. The number of thiophene rings is 1. The van der Waals surface area contributed by atoms with Gasteiger partial charge in [-0.15, -0.1) is 0 Å². The first kappa shape index (κ1) is 15.1. The molecule has 1 aromatic carbocycles. The van der Waals surface area contributed by atoms with Crippen LogP contribution in [0.3, 0.4) is 0 Å². The van der Waals surface area contributed by atoms with Crippen LogP contribution >= 0.6 is 11.3 Å². The number of allylic oxidation sites excluding steroid dienone is 1. The van der Waals surface area contributed by atoms with Gasteiger partial charge < -0.3 is 0 Å². The molecule has 120 valence electrons. The van der Waals surface area contributed by atoms with Gasteiger partial charge in [-0.2, -0.15) is 0 Å². The van der Waals surface area contributed by atoms with E-state index in [0.717, 1.165) is 3.58 Å². The molecule has 0 aliphatic heterocycles. The fraction of sp³-hybridized carbons (Fsp3) is 0. The number of carbonyl (C=O) groups is 2. The van der Waals surface area contributed by atoms with Crippen LogP contribution < -0.4 is 0 Å². The van der Waals surface area contributed by atoms with E-state index in [4.69, 9.17) is 0 Å². The van der Waals surface area contributed by atoms with E-state index in [-0.39, 0.29) is 11.6 Å². The molecular weight excluding hydrogens is 446 g/mol. The number of benzene rings is 1. The first-order valence-electron chi connectivity index (χ1n) is 7.77. The van der Waals surface area contributed by atoms with Gasteiger partial charge in [-0.25, -0.2) is 0 Å². The molecule has 4 aromatic rings. The summed E-state index contributed by atoms with van der Waals surface area (Å²) in [7, 11) is 0. The zero-order valence-electron chi connectivity index (χ0n) is 12.9. The summed E-state index contributed by atoms with van der Waals surface area (Å²) in [6.07, 6.45) is 3.91. The Morgan fingerprint density at radius 2 is 1.84 bits per heavy atom. The predicted octanol–water partition coefficient (Wildman–Crippen LogP) is 4.21. The van der Waals surface area contributed by atoms with E-state index in [0.29, 0.717) is 16.0 Å². The topological polar surface area (TPSA) is 39.1 Å². The van der Waals surface area contributed by atoms with Crippen molar-refractivity contribution in [2.75, 3.05) is 0 Å². The van der Waals surface area contributed by atoms with E-state index >= 15 is 0 Å². The Bertz CT molecular complexity index is 1160. The van der Waals surface area contributed by atoms with Gasteiger partial charge in [0.2, 0.25) is 0 Å². The van der Waals surface area contributed by atoms with Gasteiger partial charge in [0.1, 0.15) is 0 Å². The maximum atomic E-state index is 12.4. The van der Waals surface area contributed by atoms with Gasteiger partial charge in [0, 0.05) is 0 Å². The standard InChI is InChI=1S/C20H11NO2STe/c22-18-14-8-10-24-20(14)19(23)15(18)11-13-5-6-17(25-13)21-9-7-12-3-1-2-4-16(12)21/h1-11H/b15-11+. The molecule has 1 aliphatic carbocycles. The second-order valence-corrected chi connectivity index (χ2v) is 9.84. The van der Waals surface area contributed by atoms with Gasteiger partial charge in [0.15, 0.2) is 0 Å². The van der Waals surface area contributed by atoms with E-state index in [1.54, 1.807) is 11.4 Å². The molecule has 5 rings (SSSR count). The molecular formula is C20H11NO2STe. The van der Waals surface area contributed by atoms with Crippen molar-refractivity contribution in [1.29, 1.82) is 0 Å². The van der Waals surface area contributed by atoms with Gasteiger partial charge in [-0.1, -0.05) is 0 Å². The molecule has 0 radical (unpaired) electrons. The number of rotatable bonds is 2. The number of para-hydroxylation sites is 1. The third kappa shape index (κ3) is 2.31. The predicted molar refractivity (Wildman–Crippen MR) is 101 cm³/mol. The summed E-state index contributed by atoms with van der Waals surface area (Å²) in [6.45, 7) is 0. The van der Waals surface area contributed by atoms with Crippen LogP contribution in [0.4, 0.5) is 0 Å². The van der Waals surface area contributed by atoms with Crippen LogP contribution in [-0.4, -0.2) is 36.6 Å². The second-order valence-electron chi connectivity index (χ2n) is 5.80. The molecule has 0 N–H and O–H groups in total. The Morgan fingerprint density at radius 3 is 2.72 bits per heavy atom. The molecule has 3 aromatic heterocycles. The molecule has 5 heteroatoms. The number of ketones is 2. The molecule has 0 amide bonds. The van der Waals surface area contributed by atoms with Gasteiger partial charge in [-0.3, -0.25) is 0 Å². The molecule has 0 saturated carbocycles. The van der Waals surface area contributed by atoms with E-state index in [2.05, 4.69) is 35.0 Å². The van der Waals surface area contributed by atoms with Crippen molar-refractivity contribution in [2.45, 2.75) is 0 Å². The van der Waals surface area contributed by atoms with Crippen molar-refractivity contribution in [3.63, 3.8) is 0 Å². The van der Waals surface area contributed by atoms with Gasteiger partial charge in [0.25, 0.3) is 0 Å². The number of carbonyl (C=O) groups excluding carboxylic acids is 2. The second kappa shape index (κ2) is 5.67. The van der Waals surface area contributed by atoms with Crippen molar-refractivity contribution in [2.24, 2.45) is 0 Å². The molecule has 25 heavy (non-hydrogen) atoms. The fourth-order valence-corrected chi connectivity index (χ4v) is 6.68. The summed E-state index contributed by atoms with van der Waals surface area (Å²) < 4.78 is 4.60. The maximum absolute atomic E-state index is 12.4. The van der Waals surface area contributed by atoms with Crippen molar-refractivity contribution < 1.29 is 9.59 Å². The molecule has 1 aliphatic rings. The van der Waals surface area contributed by atoms with Crippen LogP contribution in [0.15, 0.2) is 65.7 Å². The SMILES string of the molecule is O=C1/C(=C\c2ccc(-n3ccc4ccccc43)[te]2)C(=O)c2sccc21. The minimum atomic E-state index is -0.634. The summed E-state index contributed by atoms with van der Waals surface area (Å²) in [5.41, 5.74) is 2.08. The van der Waals surface area contributed by atoms with Crippen LogP contribution in [0.2, 0.25) is 0 Å². The average molecular weight is 457 g/mol. The molecule has 3 nitrogen and oxygen atoms in total. The summed E-state index contributed by atoms with van der Waals surface area (Å²) in [5.74, 6) is -0.252. The number of nitrogens with zero attached hydrogens (tertiary/aromatic N) is 1. The Balaban J connectivity index is 1.55. The number of fused-ring (bicyclic) bond motifs is 2. The van der Waals surface area contributed by atoms with Crippen molar-refractivity contribution in [1.82, 2.24) is 4.57 Å². The van der Waals surface area contributed by atoms with E-state index in [1.165, 1.54) is 25.9 Å². The van der Waals surface area contributed by atoms with Gasteiger partial charge in [0.05, 0.1) is 0 Å². The minimum absolute atomic E-state index is 0.122. The number of aromatic nitrogens is 1. The zero-order chi connectivity index (χ0) is 17.0. The van der Waals surface area contributed by atoms with Gasteiger partial charge in [-0.05, 0) is 0 Å². The molecule has 0 bridgehead atoms. The molecule has 0 atom stereocenters. The Hall–Kier alpha value is -2.19. The third-order valence-corrected chi connectivity index (χ3v) is 8.20. The van der Waals surface area contributed by atoms with E-state index in [1.807, 2.05) is 24.3 Å². The van der Waals surface area contributed by atoms with Crippen molar-refractivity contribution >= 4 is 60.3 Å². The summed E-state index contributed by atoms with van der Waals surface area (Å²) in [6, 6.07) is 16.3. The van der Waals surface area contributed by atoms with Crippen LogP contribution in [0.5, 0.6) is 0 Å². The first-order valence-corrected chi connectivity index (χ1v) is 11.0. The fourth-order valence-electron chi connectivity index (χ4n) is 3.13. The monoisotopic (exact) mass is 459 g/mol. The van der Waals surface area contributed by atoms with Crippen LogP contribution in [0.25, 0.3) is 20.7 Å². The quantitative estimate of drug-likeness (QED) is 0.257. The molecule has 0 spiro atoms. The molecule has 3 heterocycles. The van der Waals surface area contributed by atoms with Crippen molar-refractivity contribution in [3.8, 4) is 3.70 Å². The molecule has 0 saturated heterocycles. The summed E-state index contributed by atoms with van der Waals surface area (Å²) in [5, 5.41) is 3.02. The van der Waals surface area contributed by atoms with E-state index in [9.17, 15) is 9.59 Å². The number of hydrogen-bond acceptors (Lipinski definition) is 3. The Morgan fingerprint density at radius 1 is 0.960 bits per heavy atom. The molecule has 0 fully saturated rings. The first-order chi connectivity index (χ1) is 12.2. The molecule has 0 unspecified atom stereocenters. The van der Waals surface area contributed by atoms with Crippen LogP contribution in [-0.2, 0) is 0 Å². The van der Waals surface area contributed by atoms with Gasteiger partial charge >= 0.3 is 158 Å². The summed E-state index contributed by atoms with van der Waals surface area (Å²) in [4.78, 5) is 25.4. The number of hydrogen-bond donors (Lipinski definition) is 0. The van der Waals surface area contributed by atoms with Crippen molar-refractivity contribution in [3.05, 3.63) is 79.7 Å². The normalized spacial score (nSPS) is 15.4. The van der Waals surface area contributed by atoms with Crippen LogP contribution in [0, 0.1) is 0 Å². The van der Waals surface area contributed by atoms with E-state index < -0.39 is 20.4 Å². The zero-order valence-corrected chi connectivity index (χ0v) is 16.1. The van der Waals surface area contributed by atoms with Crippen LogP contribution in [0.1, 0.15) is 23.6 Å².